The molecule has 2 aromatic rings. The number of carbonyl (C=O) groups is 1. The molecule has 0 unspecified atom stereocenters. The second kappa shape index (κ2) is 11.3. The summed E-state index contributed by atoms with van der Waals surface area (Å²) < 4.78 is 11.3. The molecule has 0 atom stereocenters. The normalized spacial score (nSPS) is 9.00. The predicted octanol–water partition coefficient (Wildman–Crippen LogP) is 6.28. The smallest absolute Gasteiger partial charge is 0.150 e. The summed E-state index contributed by atoms with van der Waals surface area (Å²) in [6.45, 7) is 14.0. The SMILES string of the molecule is CC.CC.COc1c(C)cc(Oc2ccc(C=O)cc2)c(C)c1C. The highest BCUT2D eigenvalue weighted by molar-refractivity contribution is 5.74. The molecule has 0 radical (unpaired) electrons. The number of methoxy groups -OCH3 is 1. The van der Waals surface area contributed by atoms with Crippen LogP contribution in [-0.2, 0) is 0 Å². The van der Waals surface area contributed by atoms with Crippen molar-refractivity contribution >= 4 is 6.29 Å². The van der Waals surface area contributed by atoms with Gasteiger partial charge in [-0.05, 0) is 67.8 Å². The average Bonchev–Trinajstić information content (AvgIpc) is 2.64. The molecule has 3 heteroatoms. The van der Waals surface area contributed by atoms with Crippen LogP contribution < -0.4 is 9.47 Å². The number of ether oxygens (including phenoxy) is 2. The molecule has 0 aliphatic rings. The van der Waals surface area contributed by atoms with Crippen molar-refractivity contribution in [2.24, 2.45) is 0 Å². The summed E-state index contributed by atoms with van der Waals surface area (Å²) in [7, 11) is 1.67. The number of benzene rings is 2. The maximum atomic E-state index is 10.6. The average molecular weight is 330 g/mol. The number of aldehydes is 1. The predicted molar refractivity (Wildman–Crippen MR) is 102 cm³/mol. The molecule has 0 fully saturated rings. The van der Waals surface area contributed by atoms with Crippen molar-refractivity contribution in [2.45, 2.75) is 48.5 Å². The first kappa shape index (κ1) is 21.7. The van der Waals surface area contributed by atoms with Crippen molar-refractivity contribution in [1.29, 1.82) is 0 Å². The molecule has 0 saturated carbocycles. The van der Waals surface area contributed by atoms with Crippen LogP contribution in [0, 0.1) is 20.8 Å². The standard InChI is InChI=1S/C17H18O3.2C2H6/c1-11-9-16(12(2)13(3)17(11)19-4)20-15-7-5-14(10-18)6-8-15;2*1-2/h5-10H,1-4H3;2*1-2H3. The zero-order chi connectivity index (χ0) is 18.7. The zero-order valence-corrected chi connectivity index (χ0v) is 16.2. The van der Waals surface area contributed by atoms with E-state index in [0.717, 1.165) is 34.5 Å². The summed E-state index contributed by atoms with van der Waals surface area (Å²) in [5.41, 5.74) is 3.80. The van der Waals surface area contributed by atoms with Crippen molar-refractivity contribution < 1.29 is 14.3 Å². The van der Waals surface area contributed by atoms with Gasteiger partial charge in [0.2, 0.25) is 0 Å². The van der Waals surface area contributed by atoms with E-state index >= 15 is 0 Å². The summed E-state index contributed by atoms with van der Waals surface area (Å²) >= 11 is 0. The minimum atomic E-state index is 0.635. The van der Waals surface area contributed by atoms with Crippen LogP contribution in [-0.4, -0.2) is 13.4 Å². The van der Waals surface area contributed by atoms with E-state index in [-0.39, 0.29) is 0 Å². The lowest BCUT2D eigenvalue weighted by atomic mass is 10.0. The Morgan fingerprint density at radius 3 is 1.88 bits per heavy atom. The minimum Gasteiger partial charge on any atom is -0.496 e. The first-order valence-electron chi connectivity index (χ1n) is 8.44. The third kappa shape index (κ3) is 5.41. The molecule has 0 aliphatic carbocycles. The Hall–Kier alpha value is -2.29. The van der Waals surface area contributed by atoms with E-state index < -0.39 is 0 Å². The van der Waals surface area contributed by atoms with Gasteiger partial charge in [0, 0.05) is 5.56 Å². The minimum absolute atomic E-state index is 0.635. The molecule has 3 nitrogen and oxygen atoms in total. The highest BCUT2D eigenvalue weighted by Gasteiger charge is 2.12. The molecule has 24 heavy (non-hydrogen) atoms. The van der Waals surface area contributed by atoms with Crippen molar-refractivity contribution in [3.63, 3.8) is 0 Å². The summed E-state index contributed by atoms with van der Waals surface area (Å²) in [6.07, 6.45) is 0.816. The second-order valence-corrected chi connectivity index (χ2v) is 4.76. The maximum Gasteiger partial charge on any atom is 0.150 e. The molecule has 0 saturated heterocycles. The lowest BCUT2D eigenvalue weighted by molar-refractivity contribution is 0.112. The zero-order valence-electron chi connectivity index (χ0n) is 16.2. The molecule has 0 amide bonds. The Labute approximate surface area is 146 Å². The molecule has 0 spiro atoms. The molecular weight excluding hydrogens is 300 g/mol. The fraction of sp³-hybridized carbons (Fsp3) is 0.381. The van der Waals surface area contributed by atoms with Gasteiger partial charge in [0.05, 0.1) is 7.11 Å². The first-order valence-corrected chi connectivity index (χ1v) is 8.44. The lowest BCUT2D eigenvalue weighted by Crippen LogP contribution is -1.97. The Morgan fingerprint density at radius 1 is 0.875 bits per heavy atom. The summed E-state index contributed by atoms with van der Waals surface area (Å²) in [5, 5.41) is 0. The second-order valence-electron chi connectivity index (χ2n) is 4.76. The number of hydrogen-bond acceptors (Lipinski definition) is 3. The van der Waals surface area contributed by atoms with Crippen LogP contribution in [0.25, 0.3) is 0 Å². The maximum absolute atomic E-state index is 10.6. The molecule has 0 bridgehead atoms. The van der Waals surface area contributed by atoms with Crippen molar-refractivity contribution in [3.05, 3.63) is 52.6 Å². The van der Waals surface area contributed by atoms with Gasteiger partial charge in [0.25, 0.3) is 0 Å². The molecule has 0 N–H and O–H groups in total. The Kier molecular flexibility index (Phi) is 10.2. The highest BCUT2D eigenvalue weighted by atomic mass is 16.5. The van der Waals surface area contributed by atoms with Crippen molar-refractivity contribution in [2.75, 3.05) is 7.11 Å². The number of rotatable bonds is 4. The summed E-state index contributed by atoms with van der Waals surface area (Å²) in [4.78, 5) is 10.6. The van der Waals surface area contributed by atoms with Crippen LogP contribution in [0.2, 0.25) is 0 Å². The third-order valence-electron chi connectivity index (χ3n) is 3.43. The number of aryl methyl sites for hydroxylation is 1. The van der Waals surface area contributed by atoms with Crippen LogP contribution in [0.3, 0.4) is 0 Å². The largest absolute Gasteiger partial charge is 0.496 e. The van der Waals surface area contributed by atoms with Crippen LogP contribution in [0.15, 0.2) is 30.3 Å². The van der Waals surface area contributed by atoms with E-state index in [1.165, 1.54) is 0 Å². The Morgan fingerprint density at radius 2 is 1.42 bits per heavy atom. The van der Waals surface area contributed by atoms with E-state index in [1.807, 2.05) is 54.5 Å². The van der Waals surface area contributed by atoms with Gasteiger partial charge >= 0.3 is 0 Å². The van der Waals surface area contributed by atoms with Crippen molar-refractivity contribution in [1.82, 2.24) is 0 Å². The highest BCUT2D eigenvalue weighted by Crippen LogP contribution is 2.35. The Balaban J connectivity index is 0.00000123. The molecule has 0 aromatic heterocycles. The van der Waals surface area contributed by atoms with Gasteiger partial charge in [0.15, 0.2) is 0 Å². The fourth-order valence-corrected chi connectivity index (χ4v) is 2.18. The van der Waals surface area contributed by atoms with Gasteiger partial charge < -0.3 is 9.47 Å². The molecular formula is C21H30O3. The quantitative estimate of drug-likeness (QED) is 0.619. The fourth-order valence-electron chi connectivity index (χ4n) is 2.18. The van der Waals surface area contributed by atoms with Crippen LogP contribution in [0.1, 0.15) is 54.7 Å². The lowest BCUT2D eigenvalue weighted by Gasteiger charge is -2.16. The van der Waals surface area contributed by atoms with E-state index in [0.29, 0.717) is 11.3 Å². The molecule has 0 heterocycles. The van der Waals surface area contributed by atoms with Crippen LogP contribution >= 0.6 is 0 Å². The van der Waals surface area contributed by atoms with Gasteiger partial charge in [-0.25, -0.2) is 0 Å². The Bertz CT molecular complexity index is 629. The molecule has 0 aliphatic heterocycles. The van der Waals surface area contributed by atoms with Gasteiger partial charge in [-0.3, -0.25) is 4.79 Å². The van der Waals surface area contributed by atoms with E-state index in [1.54, 1.807) is 31.4 Å². The number of hydrogen-bond donors (Lipinski definition) is 0. The molecule has 132 valence electrons. The van der Waals surface area contributed by atoms with Crippen LogP contribution in [0.5, 0.6) is 17.2 Å². The van der Waals surface area contributed by atoms with Gasteiger partial charge in [-0.15, -0.1) is 0 Å². The van der Waals surface area contributed by atoms with E-state index in [2.05, 4.69) is 0 Å². The molecule has 2 rings (SSSR count). The number of carbonyl (C=O) groups excluding carboxylic acids is 1. The molecule has 2 aromatic carbocycles. The monoisotopic (exact) mass is 330 g/mol. The van der Waals surface area contributed by atoms with Crippen molar-refractivity contribution in [3.8, 4) is 17.2 Å². The van der Waals surface area contributed by atoms with E-state index in [9.17, 15) is 4.79 Å². The summed E-state index contributed by atoms with van der Waals surface area (Å²) in [6, 6.07) is 9.02. The topological polar surface area (TPSA) is 35.5 Å². The van der Waals surface area contributed by atoms with E-state index in [4.69, 9.17) is 9.47 Å². The van der Waals surface area contributed by atoms with Gasteiger partial charge in [0.1, 0.15) is 23.5 Å². The van der Waals surface area contributed by atoms with Gasteiger partial charge in [-0.1, -0.05) is 27.7 Å². The third-order valence-corrected chi connectivity index (χ3v) is 3.43. The van der Waals surface area contributed by atoms with Crippen LogP contribution in [0.4, 0.5) is 0 Å². The first-order chi connectivity index (χ1) is 11.6. The van der Waals surface area contributed by atoms with Gasteiger partial charge in [-0.2, -0.15) is 0 Å². The summed E-state index contributed by atoms with van der Waals surface area (Å²) in [5.74, 6) is 2.41.